The van der Waals surface area contributed by atoms with Gasteiger partial charge in [-0.2, -0.15) is 0 Å². The maximum absolute atomic E-state index is 10.8. The Morgan fingerprint density at radius 1 is 1.50 bits per heavy atom. The molecule has 0 aromatic heterocycles. The highest BCUT2D eigenvalue weighted by molar-refractivity contribution is 5.82. The Morgan fingerprint density at radius 2 is 1.88 bits per heavy atom. The molecule has 0 saturated heterocycles. The summed E-state index contributed by atoms with van der Waals surface area (Å²) in [5.74, 6) is -1.65. The van der Waals surface area contributed by atoms with Crippen molar-refractivity contribution in [3.63, 3.8) is 0 Å². The maximum Gasteiger partial charge on any atom is 0.298 e. The van der Waals surface area contributed by atoms with Gasteiger partial charge in [-0.3, -0.25) is 4.79 Å². The Hall–Kier alpha value is -0.580. The van der Waals surface area contributed by atoms with E-state index in [0.717, 1.165) is 0 Å². The van der Waals surface area contributed by atoms with Crippen molar-refractivity contribution >= 4 is 5.78 Å². The molecule has 0 aliphatic carbocycles. The first kappa shape index (κ1) is 10.4. The lowest BCUT2D eigenvalue weighted by Crippen LogP contribution is -2.10. The van der Waals surface area contributed by atoms with Crippen LogP contribution in [0.3, 0.4) is 0 Å². The van der Waals surface area contributed by atoms with Gasteiger partial charge in [0.15, 0.2) is 6.67 Å². The number of rotatable bonds is 2. The third-order valence-corrected chi connectivity index (χ3v) is 0.375. The van der Waals surface area contributed by atoms with Crippen LogP contribution in [0.1, 0.15) is 0 Å². The predicted molar refractivity (Wildman–Crippen MR) is 20.6 cm³/mol. The van der Waals surface area contributed by atoms with Crippen molar-refractivity contribution in [3.05, 3.63) is 0 Å². The van der Waals surface area contributed by atoms with Crippen molar-refractivity contribution in [2.75, 3.05) is 6.67 Å². The van der Waals surface area contributed by atoms with Gasteiger partial charge >= 0.3 is 0 Å². The summed E-state index contributed by atoms with van der Waals surface area (Å²) in [5, 5.41) is 0. The number of carbonyl (C=O) groups is 1. The van der Waals surface area contributed by atoms with Crippen molar-refractivity contribution in [2.45, 2.75) is 6.43 Å². The zero-order valence-corrected chi connectivity index (χ0v) is 3.83. The molecule has 2 N–H and O–H groups in total. The second-order valence-electron chi connectivity index (χ2n) is 0.901. The molecule has 0 saturated carbocycles. The molecule has 0 unspecified atom stereocenters. The molecular formula is C3H5F3O2. The van der Waals surface area contributed by atoms with Crippen LogP contribution in [0.4, 0.5) is 13.2 Å². The highest BCUT2D eigenvalue weighted by Gasteiger charge is 2.12. The van der Waals surface area contributed by atoms with Crippen LogP contribution in [0.15, 0.2) is 0 Å². The molecule has 2 nitrogen and oxygen atoms in total. The Labute approximate surface area is 43.6 Å². The van der Waals surface area contributed by atoms with Crippen molar-refractivity contribution in [1.82, 2.24) is 0 Å². The largest absolute Gasteiger partial charge is 0.412 e. The van der Waals surface area contributed by atoms with Gasteiger partial charge in [-0.25, -0.2) is 13.2 Å². The van der Waals surface area contributed by atoms with Crippen LogP contribution in [-0.2, 0) is 4.79 Å². The monoisotopic (exact) mass is 130 g/mol. The summed E-state index contributed by atoms with van der Waals surface area (Å²) < 4.78 is 32.5. The zero-order valence-electron chi connectivity index (χ0n) is 3.83. The number of hydrogen-bond acceptors (Lipinski definition) is 1. The lowest BCUT2D eigenvalue weighted by Gasteiger charge is -1.86. The van der Waals surface area contributed by atoms with Crippen molar-refractivity contribution < 1.29 is 23.4 Å². The SMILES string of the molecule is O.O=C(CF)C(F)F. The Bertz CT molecular complexity index is 72.9. The minimum Gasteiger partial charge on any atom is -0.412 e. The van der Waals surface area contributed by atoms with Gasteiger partial charge in [-0.15, -0.1) is 0 Å². The Balaban J connectivity index is 0. The minimum absolute atomic E-state index is 0. The summed E-state index contributed by atoms with van der Waals surface area (Å²) in [6, 6.07) is 0. The first-order valence-corrected chi connectivity index (χ1v) is 1.55. The summed E-state index contributed by atoms with van der Waals surface area (Å²) in [4.78, 5) is 9.39. The molecule has 0 fully saturated rings. The van der Waals surface area contributed by atoms with E-state index in [4.69, 9.17) is 0 Å². The Morgan fingerprint density at radius 3 is 1.88 bits per heavy atom. The number of ketones is 1. The molecule has 0 amide bonds. The van der Waals surface area contributed by atoms with Gasteiger partial charge in [0.1, 0.15) is 0 Å². The highest BCUT2D eigenvalue weighted by Crippen LogP contribution is 1.92. The summed E-state index contributed by atoms with van der Waals surface area (Å²) in [7, 11) is 0. The fraction of sp³-hybridized carbons (Fsp3) is 0.667. The number of alkyl halides is 3. The van der Waals surface area contributed by atoms with Crippen molar-refractivity contribution in [1.29, 1.82) is 0 Å². The fourth-order valence-electron chi connectivity index (χ4n) is 0.0583. The van der Waals surface area contributed by atoms with Gasteiger partial charge in [-0.1, -0.05) is 0 Å². The molecule has 50 valence electrons. The van der Waals surface area contributed by atoms with E-state index in [1.165, 1.54) is 0 Å². The summed E-state index contributed by atoms with van der Waals surface area (Å²) in [6.45, 7) is -1.57. The molecular weight excluding hydrogens is 125 g/mol. The number of hydrogen-bond donors (Lipinski definition) is 0. The van der Waals surface area contributed by atoms with Crippen LogP contribution < -0.4 is 0 Å². The van der Waals surface area contributed by atoms with E-state index in [2.05, 4.69) is 0 Å². The van der Waals surface area contributed by atoms with Gasteiger partial charge in [0, 0.05) is 0 Å². The molecule has 0 aliphatic heterocycles. The minimum atomic E-state index is -3.15. The van der Waals surface area contributed by atoms with Crippen LogP contribution in [0.25, 0.3) is 0 Å². The van der Waals surface area contributed by atoms with E-state index >= 15 is 0 Å². The lowest BCUT2D eigenvalue weighted by atomic mass is 10.5. The summed E-state index contributed by atoms with van der Waals surface area (Å²) in [5.41, 5.74) is 0. The van der Waals surface area contributed by atoms with E-state index in [1.54, 1.807) is 0 Å². The second-order valence-corrected chi connectivity index (χ2v) is 0.901. The number of halogens is 3. The average molecular weight is 130 g/mol. The van der Waals surface area contributed by atoms with Crippen LogP contribution >= 0.6 is 0 Å². The second kappa shape index (κ2) is 4.58. The van der Waals surface area contributed by atoms with Gasteiger partial charge in [0.05, 0.1) is 0 Å². The number of Topliss-reactive ketones (excluding diaryl/α,β-unsaturated/α-hetero) is 1. The average Bonchev–Trinajstić information content (AvgIpc) is 1.65. The van der Waals surface area contributed by atoms with Crippen molar-refractivity contribution in [3.8, 4) is 0 Å². The van der Waals surface area contributed by atoms with Crippen LogP contribution in [0.2, 0.25) is 0 Å². The van der Waals surface area contributed by atoms with Gasteiger partial charge < -0.3 is 5.48 Å². The topological polar surface area (TPSA) is 48.6 Å². The summed E-state index contributed by atoms with van der Waals surface area (Å²) in [6.07, 6.45) is -3.15. The molecule has 0 aliphatic rings. The highest BCUT2D eigenvalue weighted by atomic mass is 19.3. The quantitative estimate of drug-likeness (QED) is 0.517. The third kappa shape index (κ3) is 3.60. The molecule has 0 rings (SSSR count). The third-order valence-electron chi connectivity index (χ3n) is 0.375. The Kier molecular flexibility index (Phi) is 5.95. The fourth-order valence-corrected chi connectivity index (χ4v) is 0.0583. The van der Waals surface area contributed by atoms with E-state index in [0.29, 0.717) is 0 Å². The van der Waals surface area contributed by atoms with Crippen LogP contribution in [0, 0.1) is 0 Å². The molecule has 0 bridgehead atoms. The molecule has 5 heteroatoms. The standard InChI is InChI=1S/C3H3F3O.H2O/c4-1-2(7)3(5)6;/h3H,1H2;1H2. The van der Waals surface area contributed by atoms with Gasteiger partial charge in [-0.05, 0) is 0 Å². The molecule has 0 heterocycles. The summed E-state index contributed by atoms with van der Waals surface area (Å²) >= 11 is 0. The van der Waals surface area contributed by atoms with Crippen LogP contribution in [-0.4, -0.2) is 24.4 Å². The lowest BCUT2D eigenvalue weighted by molar-refractivity contribution is -0.130. The molecule has 0 aromatic carbocycles. The van der Waals surface area contributed by atoms with Crippen LogP contribution in [0.5, 0.6) is 0 Å². The molecule has 0 atom stereocenters. The first-order valence-electron chi connectivity index (χ1n) is 1.55. The normalized spacial score (nSPS) is 8.50. The van der Waals surface area contributed by atoms with E-state index in [9.17, 15) is 18.0 Å². The smallest absolute Gasteiger partial charge is 0.298 e. The van der Waals surface area contributed by atoms with Gasteiger partial charge in [0.25, 0.3) is 6.43 Å². The molecule has 0 spiro atoms. The molecule has 0 aromatic rings. The molecule has 8 heavy (non-hydrogen) atoms. The zero-order chi connectivity index (χ0) is 5.86. The molecule has 0 radical (unpaired) electrons. The van der Waals surface area contributed by atoms with E-state index in [1.807, 2.05) is 0 Å². The van der Waals surface area contributed by atoms with Crippen molar-refractivity contribution in [2.24, 2.45) is 0 Å². The van der Waals surface area contributed by atoms with E-state index in [-0.39, 0.29) is 5.48 Å². The number of carbonyl (C=O) groups excluding carboxylic acids is 1. The maximum atomic E-state index is 10.8. The first-order chi connectivity index (χ1) is 3.18. The van der Waals surface area contributed by atoms with Gasteiger partial charge in [0.2, 0.25) is 5.78 Å². The van der Waals surface area contributed by atoms with E-state index < -0.39 is 18.9 Å². The predicted octanol–water partition coefficient (Wildman–Crippen LogP) is -0.0346.